The summed E-state index contributed by atoms with van der Waals surface area (Å²) in [6, 6.07) is 11.5. The van der Waals surface area contributed by atoms with Crippen molar-refractivity contribution in [3.05, 3.63) is 53.6 Å². The second kappa shape index (κ2) is 7.65. The number of sulfonamides is 1. The van der Waals surface area contributed by atoms with Crippen molar-refractivity contribution in [1.82, 2.24) is 4.31 Å². The Kier molecular flexibility index (Phi) is 5.50. The second-order valence-corrected chi connectivity index (χ2v) is 8.42. The highest BCUT2D eigenvalue weighted by Gasteiger charge is 2.37. The van der Waals surface area contributed by atoms with E-state index in [-0.39, 0.29) is 22.9 Å². The first kappa shape index (κ1) is 18.7. The molecule has 1 aliphatic heterocycles. The second-order valence-electron chi connectivity index (χ2n) is 6.09. The first-order valence-corrected chi connectivity index (χ1v) is 10.1. The Morgan fingerprint density at radius 1 is 1.15 bits per heavy atom. The van der Waals surface area contributed by atoms with Crippen molar-refractivity contribution in [3.8, 4) is 5.75 Å². The molecule has 1 aliphatic rings. The molecule has 1 atom stereocenters. The predicted octanol–water partition coefficient (Wildman–Crippen LogP) is 3.23. The van der Waals surface area contributed by atoms with E-state index in [0.717, 1.165) is 6.42 Å². The molecule has 0 bridgehead atoms. The normalized spacial score (nSPS) is 18.4. The summed E-state index contributed by atoms with van der Waals surface area (Å²) in [5.41, 5.74) is 0.158. The molecule has 2 N–H and O–H groups in total. The molecule has 2 aromatic rings. The molecule has 1 fully saturated rings. The van der Waals surface area contributed by atoms with E-state index >= 15 is 0 Å². The van der Waals surface area contributed by atoms with Gasteiger partial charge >= 0.3 is 0 Å². The number of aromatic hydroxyl groups is 1. The molecular weight excluding hydrogens is 376 g/mol. The van der Waals surface area contributed by atoms with E-state index in [1.54, 1.807) is 18.2 Å². The Bertz CT molecular complexity index is 903. The Hall–Kier alpha value is -2.09. The number of phenols is 1. The topological polar surface area (TPSA) is 86.7 Å². The predicted molar refractivity (Wildman–Crippen MR) is 99.7 cm³/mol. The number of carbonyl (C=O) groups excluding carboxylic acids is 1. The smallest absolute Gasteiger partial charge is 0.243 e. The Balaban J connectivity index is 1.87. The minimum Gasteiger partial charge on any atom is -0.506 e. The number of benzene rings is 2. The molecule has 1 heterocycles. The third kappa shape index (κ3) is 3.85. The summed E-state index contributed by atoms with van der Waals surface area (Å²) in [6.45, 7) is 0.275. The van der Waals surface area contributed by atoms with E-state index in [9.17, 15) is 18.3 Å². The van der Waals surface area contributed by atoms with Crippen LogP contribution in [0.2, 0.25) is 5.02 Å². The van der Waals surface area contributed by atoms with Crippen LogP contribution < -0.4 is 5.32 Å². The number of hydrogen-bond donors (Lipinski definition) is 2. The maximum atomic E-state index is 13.0. The highest BCUT2D eigenvalue weighted by Crippen LogP contribution is 2.29. The van der Waals surface area contributed by atoms with Crippen molar-refractivity contribution < 1.29 is 18.3 Å². The Morgan fingerprint density at radius 2 is 1.88 bits per heavy atom. The third-order valence-electron chi connectivity index (χ3n) is 4.32. The lowest BCUT2D eigenvalue weighted by atomic mass is 10.0. The molecule has 3 rings (SSSR count). The zero-order valence-corrected chi connectivity index (χ0v) is 15.5. The Labute approximate surface area is 157 Å². The number of rotatable bonds is 4. The van der Waals surface area contributed by atoms with Crippen LogP contribution in [0.3, 0.4) is 0 Å². The summed E-state index contributed by atoms with van der Waals surface area (Å²) in [5.74, 6) is -0.613. The van der Waals surface area contributed by atoms with Gasteiger partial charge in [0.2, 0.25) is 15.9 Å². The van der Waals surface area contributed by atoms with Crippen LogP contribution in [0.4, 0.5) is 5.69 Å². The number of carbonyl (C=O) groups is 1. The van der Waals surface area contributed by atoms with Crippen LogP contribution in [-0.2, 0) is 14.8 Å². The van der Waals surface area contributed by atoms with Crippen molar-refractivity contribution in [2.45, 2.75) is 30.2 Å². The lowest BCUT2D eigenvalue weighted by Gasteiger charge is -2.33. The van der Waals surface area contributed by atoms with Crippen LogP contribution >= 0.6 is 11.6 Å². The van der Waals surface area contributed by atoms with Gasteiger partial charge in [-0.15, -0.1) is 0 Å². The number of piperidine rings is 1. The molecule has 138 valence electrons. The third-order valence-corrected chi connectivity index (χ3v) is 6.48. The quantitative estimate of drug-likeness (QED) is 0.779. The van der Waals surface area contributed by atoms with Crippen LogP contribution in [0, 0.1) is 0 Å². The molecule has 0 aliphatic carbocycles. The van der Waals surface area contributed by atoms with Crippen molar-refractivity contribution in [3.63, 3.8) is 0 Å². The molecule has 2 aromatic carbocycles. The molecule has 0 aromatic heterocycles. The number of amides is 1. The lowest BCUT2D eigenvalue weighted by molar-refractivity contribution is -0.120. The maximum Gasteiger partial charge on any atom is 0.243 e. The van der Waals surface area contributed by atoms with Crippen LogP contribution in [-0.4, -0.2) is 36.3 Å². The number of phenolic OH excluding ortho intramolecular Hbond substituents is 1. The zero-order chi connectivity index (χ0) is 18.7. The van der Waals surface area contributed by atoms with Gasteiger partial charge in [0, 0.05) is 11.6 Å². The van der Waals surface area contributed by atoms with Crippen LogP contribution in [0.1, 0.15) is 19.3 Å². The standard InChI is InChI=1S/C18H19ClN2O4S/c19-13-9-10-17(22)15(12-13)20-18(23)16-8-4-5-11-21(16)26(24,25)14-6-2-1-3-7-14/h1-3,6-7,9-10,12,16,22H,4-5,8,11H2,(H,20,23). The minimum atomic E-state index is -3.78. The number of hydrogen-bond acceptors (Lipinski definition) is 4. The molecule has 8 heteroatoms. The van der Waals surface area contributed by atoms with Crippen molar-refractivity contribution in [2.75, 3.05) is 11.9 Å². The average molecular weight is 395 g/mol. The SMILES string of the molecule is O=C(Nc1cc(Cl)ccc1O)C1CCCCN1S(=O)(=O)c1ccccc1. The van der Waals surface area contributed by atoms with Crippen LogP contribution in [0.15, 0.2) is 53.4 Å². The molecular formula is C18H19ClN2O4S. The molecule has 6 nitrogen and oxygen atoms in total. The van der Waals surface area contributed by atoms with Gasteiger partial charge < -0.3 is 10.4 Å². The average Bonchev–Trinajstić information content (AvgIpc) is 2.65. The summed E-state index contributed by atoms with van der Waals surface area (Å²) in [6.07, 6.45) is 1.86. The van der Waals surface area contributed by atoms with E-state index in [0.29, 0.717) is 17.9 Å². The molecule has 1 unspecified atom stereocenters. The monoisotopic (exact) mass is 394 g/mol. The van der Waals surface area contributed by atoms with Gasteiger partial charge in [0.25, 0.3) is 0 Å². The van der Waals surface area contributed by atoms with Gasteiger partial charge in [-0.3, -0.25) is 4.79 Å². The highest BCUT2D eigenvalue weighted by atomic mass is 35.5. The van der Waals surface area contributed by atoms with Crippen molar-refractivity contribution in [1.29, 1.82) is 0 Å². The van der Waals surface area contributed by atoms with Gasteiger partial charge in [0.1, 0.15) is 11.8 Å². The number of nitrogens with zero attached hydrogens (tertiary/aromatic N) is 1. The van der Waals surface area contributed by atoms with Gasteiger partial charge in [-0.05, 0) is 43.2 Å². The fourth-order valence-corrected chi connectivity index (χ4v) is 4.86. The van der Waals surface area contributed by atoms with Gasteiger partial charge in [0.05, 0.1) is 10.6 Å². The number of halogens is 1. The maximum absolute atomic E-state index is 13.0. The van der Waals surface area contributed by atoms with E-state index in [1.165, 1.54) is 34.6 Å². The summed E-state index contributed by atoms with van der Waals surface area (Å²) < 4.78 is 27.1. The molecule has 1 saturated heterocycles. The van der Waals surface area contributed by atoms with Gasteiger partial charge in [0.15, 0.2) is 0 Å². The van der Waals surface area contributed by atoms with E-state index in [4.69, 9.17) is 11.6 Å². The van der Waals surface area contributed by atoms with E-state index in [2.05, 4.69) is 5.32 Å². The lowest BCUT2D eigenvalue weighted by Crippen LogP contribution is -2.49. The first-order chi connectivity index (χ1) is 12.4. The van der Waals surface area contributed by atoms with Gasteiger partial charge in [-0.2, -0.15) is 4.31 Å². The van der Waals surface area contributed by atoms with Crippen LogP contribution in [0.25, 0.3) is 0 Å². The van der Waals surface area contributed by atoms with Gasteiger partial charge in [-0.1, -0.05) is 36.2 Å². The fraction of sp³-hybridized carbons (Fsp3) is 0.278. The zero-order valence-electron chi connectivity index (χ0n) is 13.9. The fourth-order valence-electron chi connectivity index (χ4n) is 3.01. The molecule has 0 saturated carbocycles. The van der Waals surface area contributed by atoms with Crippen molar-refractivity contribution >= 4 is 33.2 Å². The molecule has 0 radical (unpaired) electrons. The minimum absolute atomic E-state index is 0.129. The number of anilines is 1. The summed E-state index contributed by atoms with van der Waals surface area (Å²) in [5, 5.41) is 12.8. The molecule has 26 heavy (non-hydrogen) atoms. The summed E-state index contributed by atoms with van der Waals surface area (Å²) in [7, 11) is -3.78. The van der Waals surface area contributed by atoms with E-state index in [1.807, 2.05) is 0 Å². The number of nitrogens with one attached hydrogen (secondary N) is 1. The summed E-state index contributed by atoms with van der Waals surface area (Å²) in [4.78, 5) is 12.9. The van der Waals surface area contributed by atoms with Gasteiger partial charge in [-0.25, -0.2) is 8.42 Å². The highest BCUT2D eigenvalue weighted by molar-refractivity contribution is 7.89. The van der Waals surface area contributed by atoms with E-state index < -0.39 is 22.0 Å². The Morgan fingerprint density at radius 3 is 2.62 bits per heavy atom. The first-order valence-electron chi connectivity index (χ1n) is 8.26. The molecule has 0 spiro atoms. The molecule has 1 amide bonds. The van der Waals surface area contributed by atoms with Crippen molar-refractivity contribution in [2.24, 2.45) is 0 Å². The van der Waals surface area contributed by atoms with Crippen LogP contribution in [0.5, 0.6) is 5.75 Å². The summed E-state index contributed by atoms with van der Waals surface area (Å²) >= 11 is 5.90. The largest absolute Gasteiger partial charge is 0.506 e.